The maximum atomic E-state index is 12.5. The SMILES string of the molecule is CCS(=O)(=O)c1ccc(CC(=O)Nc2sc3c(c2C(N)=O)CC[C@H](C)C3)cc1. The molecule has 3 N–H and O–H groups in total. The molecule has 2 aromatic rings. The second-order valence-electron chi connectivity index (χ2n) is 7.19. The number of rotatable bonds is 6. The van der Waals surface area contributed by atoms with Crippen LogP contribution in [0.15, 0.2) is 29.2 Å². The summed E-state index contributed by atoms with van der Waals surface area (Å²) >= 11 is 1.43. The van der Waals surface area contributed by atoms with Crippen molar-refractivity contribution >= 4 is 38.0 Å². The number of anilines is 1. The Kier molecular flexibility index (Phi) is 5.90. The van der Waals surface area contributed by atoms with Crippen LogP contribution in [-0.4, -0.2) is 26.0 Å². The maximum Gasteiger partial charge on any atom is 0.251 e. The minimum atomic E-state index is -3.26. The summed E-state index contributed by atoms with van der Waals surface area (Å²) < 4.78 is 23.7. The number of nitrogens with two attached hydrogens (primary N) is 1. The number of hydrogen-bond acceptors (Lipinski definition) is 5. The second-order valence-corrected chi connectivity index (χ2v) is 10.6. The fourth-order valence-corrected chi connectivity index (χ4v) is 5.75. The van der Waals surface area contributed by atoms with Crippen molar-refractivity contribution < 1.29 is 18.0 Å². The number of amides is 2. The molecule has 6 nitrogen and oxygen atoms in total. The van der Waals surface area contributed by atoms with E-state index in [1.807, 2.05) is 0 Å². The van der Waals surface area contributed by atoms with E-state index in [2.05, 4.69) is 12.2 Å². The molecule has 3 rings (SSSR count). The number of carbonyl (C=O) groups excluding carboxylic acids is 2. The summed E-state index contributed by atoms with van der Waals surface area (Å²) in [6.45, 7) is 3.77. The van der Waals surface area contributed by atoms with Crippen LogP contribution in [0, 0.1) is 5.92 Å². The molecule has 0 unspecified atom stereocenters. The van der Waals surface area contributed by atoms with E-state index in [1.54, 1.807) is 19.1 Å². The van der Waals surface area contributed by atoms with E-state index >= 15 is 0 Å². The van der Waals surface area contributed by atoms with Gasteiger partial charge in [-0.2, -0.15) is 0 Å². The van der Waals surface area contributed by atoms with Crippen LogP contribution in [0.1, 0.15) is 46.6 Å². The lowest BCUT2D eigenvalue weighted by Gasteiger charge is -2.18. The first-order chi connectivity index (χ1) is 13.2. The van der Waals surface area contributed by atoms with E-state index in [-0.39, 0.29) is 23.0 Å². The first-order valence-electron chi connectivity index (χ1n) is 9.27. The number of sulfone groups is 1. The van der Waals surface area contributed by atoms with Gasteiger partial charge in [-0.25, -0.2) is 8.42 Å². The molecule has 1 atom stereocenters. The van der Waals surface area contributed by atoms with Gasteiger partial charge in [-0.05, 0) is 48.4 Å². The fraction of sp³-hybridized carbons (Fsp3) is 0.400. The zero-order valence-corrected chi connectivity index (χ0v) is 17.6. The third-order valence-electron chi connectivity index (χ3n) is 5.04. The Bertz CT molecular complexity index is 1010. The first kappa shape index (κ1) is 20.5. The monoisotopic (exact) mass is 420 g/mol. The largest absolute Gasteiger partial charge is 0.365 e. The van der Waals surface area contributed by atoms with Crippen molar-refractivity contribution in [2.45, 2.75) is 44.4 Å². The number of nitrogens with one attached hydrogen (secondary N) is 1. The van der Waals surface area contributed by atoms with Gasteiger partial charge in [0.1, 0.15) is 5.00 Å². The summed E-state index contributed by atoms with van der Waals surface area (Å²) in [5, 5.41) is 3.34. The van der Waals surface area contributed by atoms with E-state index in [1.165, 1.54) is 23.5 Å². The van der Waals surface area contributed by atoms with Crippen molar-refractivity contribution in [3.63, 3.8) is 0 Å². The molecule has 0 spiro atoms. The van der Waals surface area contributed by atoms with E-state index in [4.69, 9.17) is 5.73 Å². The molecule has 1 heterocycles. The smallest absolute Gasteiger partial charge is 0.251 e. The Morgan fingerprint density at radius 1 is 1.25 bits per heavy atom. The minimum Gasteiger partial charge on any atom is -0.365 e. The van der Waals surface area contributed by atoms with Gasteiger partial charge >= 0.3 is 0 Å². The zero-order valence-electron chi connectivity index (χ0n) is 15.9. The molecule has 0 fully saturated rings. The molecule has 1 aromatic carbocycles. The van der Waals surface area contributed by atoms with Crippen molar-refractivity contribution in [2.75, 3.05) is 11.1 Å². The highest BCUT2D eigenvalue weighted by Crippen LogP contribution is 2.39. The Hall–Kier alpha value is -2.19. The normalized spacial score (nSPS) is 16.4. The lowest BCUT2D eigenvalue weighted by molar-refractivity contribution is -0.115. The van der Waals surface area contributed by atoms with Crippen molar-refractivity contribution in [2.24, 2.45) is 11.7 Å². The molecule has 0 saturated heterocycles. The molecule has 0 saturated carbocycles. The van der Waals surface area contributed by atoms with Crippen LogP contribution in [0.2, 0.25) is 0 Å². The van der Waals surface area contributed by atoms with Crippen molar-refractivity contribution in [1.29, 1.82) is 0 Å². The molecule has 1 aliphatic rings. The highest BCUT2D eigenvalue weighted by molar-refractivity contribution is 7.91. The van der Waals surface area contributed by atoms with Crippen LogP contribution in [0.3, 0.4) is 0 Å². The van der Waals surface area contributed by atoms with Crippen LogP contribution in [0.5, 0.6) is 0 Å². The van der Waals surface area contributed by atoms with Crippen LogP contribution >= 0.6 is 11.3 Å². The van der Waals surface area contributed by atoms with Gasteiger partial charge < -0.3 is 11.1 Å². The highest BCUT2D eigenvalue weighted by atomic mass is 32.2. The summed E-state index contributed by atoms with van der Waals surface area (Å²) in [5.41, 5.74) is 7.68. The topological polar surface area (TPSA) is 106 Å². The number of fused-ring (bicyclic) bond motifs is 1. The summed E-state index contributed by atoms with van der Waals surface area (Å²) in [5.74, 6) is -0.199. The lowest BCUT2D eigenvalue weighted by atomic mass is 9.88. The van der Waals surface area contributed by atoms with Crippen LogP contribution in [-0.2, 0) is 33.9 Å². The Labute approximate surface area is 169 Å². The molecule has 2 amide bonds. The van der Waals surface area contributed by atoms with Gasteiger partial charge in [0.2, 0.25) is 5.91 Å². The molecule has 0 bridgehead atoms. The zero-order chi connectivity index (χ0) is 20.5. The molecule has 1 aliphatic carbocycles. The molecule has 1 aromatic heterocycles. The van der Waals surface area contributed by atoms with Gasteiger partial charge in [-0.1, -0.05) is 26.0 Å². The van der Waals surface area contributed by atoms with E-state index < -0.39 is 15.7 Å². The van der Waals surface area contributed by atoms with Crippen molar-refractivity contribution in [1.82, 2.24) is 0 Å². The summed E-state index contributed by atoms with van der Waals surface area (Å²) in [4.78, 5) is 25.8. The van der Waals surface area contributed by atoms with E-state index in [0.717, 1.165) is 29.7 Å². The summed E-state index contributed by atoms with van der Waals surface area (Å²) in [6.07, 6.45) is 2.78. The van der Waals surface area contributed by atoms with E-state index in [9.17, 15) is 18.0 Å². The first-order valence-corrected chi connectivity index (χ1v) is 11.7. The number of carbonyl (C=O) groups is 2. The molecule has 8 heteroatoms. The minimum absolute atomic E-state index is 0.0321. The van der Waals surface area contributed by atoms with Crippen LogP contribution < -0.4 is 11.1 Å². The number of hydrogen-bond donors (Lipinski definition) is 2. The molecule has 28 heavy (non-hydrogen) atoms. The van der Waals surface area contributed by atoms with Gasteiger partial charge in [0, 0.05) is 4.88 Å². The molecule has 150 valence electrons. The fourth-order valence-electron chi connectivity index (χ4n) is 3.44. The predicted octanol–water partition coefficient (Wildman–Crippen LogP) is 2.95. The standard InChI is InChI=1S/C20H24N2O4S2/c1-3-28(25,26)14-7-5-13(6-8-14)11-17(23)22-20-18(19(21)24)15-9-4-12(2)10-16(15)27-20/h5-8,12H,3-4,9-11H2,1-2H3,(H2,21,24)(H,22,23)/t12-/m0/s1. The van der Waals surface area contributed by atoms with Crippen molar-refractivity contribution in [3.05, 3.63) is 45.8 Å². The molecular weight excluding hydrogens is 396 g/mol. The Balaban J connectivity index is 1.76. The lowest BCUT2D eigenvalue weighted by Crippen LogP contribution is -2.20. The van der Waals surface area contributed by atoms with Gasteiger partial charge in [0.15, 0.2) is 9.84 Å². The third-order valence-corrected chi connectivity index (χ3v) is 7.96. The van der Waals surface area contributed by atoms with Gasteiger partial charge in [-0.3, -0.25) is 9.59 Å². The average Bonchev–Trinajstić information content (AvgIpc) is 2.98. The second kappa shape index (κ2) is 8.05. The summed E-state index contributed by atoms with van der Waals surface area (Å²) in [7, 11) is -3.26. The Morgan fingerprint density at radius 3 is 2.54 bits per heavy atom. The quantitative estimate of drug-likeness (QED) is 0.749. The average molecular weight is 421 g/mol. The number of thiophene rings is 1. The van der Waals surface area contributed by atoms with Gasteiger partial charge in [-0.15, -0.1) is 11.3 Å². The predicted molar refractivity (Wildman–Crippen MR) is 111 cm³/mol. The number of benzene rings is 1. The Morgan fingerprint density at radius 2 is 1.93 bits per heavy atom. The molecule has 0 radical (unpaired) electrons. The van der Waals surface area contributed by atoms with Crippen LogP contribution in [0.4, 0.5) is 5.00 Å². The number of primary amides is 1. The van der Waals surface area contributed by atoms with Gasteiger partial charge in [0.05, 0.1) is 22.6 Å². The summed E-state index contributed by atoms with van der Waals surface area (Å²) in [6, 6.07) is 6.31. The highest BCUT2D eigenvalue weighted by Gasteiger charge is 2.27. The van der Waals surface area contributed by atoms with Crippen molar-refractivity contribution in [3.8, 4) is 0 Å². The molecular formula is C20H24N2O4S2. The van der Waals surface area contributed by atoms with Gasteiger partial charge in [0.25, 0.3) is 5.91 Å². The third kappa shape index (κ3) is 4.28. The van der Waals surface area contributed by atoms with Crippen LogP contribution in [0.25, 0.3) is 0 Å². The molecule has 0 aliphatic heterocycles. The van der Waals surface area contributed by atoms with E-state index in [0.29, 0.717) is 22.0 Å². The maximum absolute atomic E-state index is 12.5.